The predicted molar refractivity (Wildman–Crippen MR) is 95.5 cm³/mol. The van der Waals surface area contributed by atoms with Crippen LogP contribution in [-0.2, 0) is 6.42 Å². The summed E-state index contributed by atoms with van der Waals surface area (Å²) in [6, 6.07) is 9.02. The Labute approximate surface area is 146 Å². The van der Waals surface area contributed by atoms with Crippen molar-refractivity contribution in [2.24, 2.45) is 0 Å². The van der Waals surface area contributed by atoms with E-state index in [-0.39, 0.29) is 6.04 Å². The molecule has 0 saturated carbocycles. The number of nitrogens with one attached hydrogen (secondary N) is 1. The number of hydrogen-bond donors (Lipinski definition) is 1. The Hall–Kier alpha value is -0.360. The Bertz CT molecular complexity index is 622. The molecule has 1 aromatic heterocycles. The molecule has 1 atom stereocenters. The zero-order valence-electron chi connectivity index (χ0n) is 11.8. The van der Waals surface area contributed by atoms with Crippen LogP contribution in [0.15, 0.2) is 32.5 Å². The lowest BCUT2D eigenvalue weighted by molar-refractivity contribution is 0.357. The third-order valence-electron chi connectivity index (χ3n) is 3.59. The van der Waals surface area contributed by atoms with Crippen LogP contribution >= 0.6 is 43.2 Å². The molecule has 1 unspecified atom stereocenters. The van der Waals surface area contributed by atoms with Gasteiger partial charge in [0, 0.05) is 15.8 Å². The Morgan fingerprint density at radius 2 is 2.19 bits per heavy atom. The first kappa shape index (κ1) is 15.5. The highest BCUT2D eigenvalue weighted by Crippen LogP contribution is 2.38. The summed E-state index contributed by atoms with van der Waals surface area (Å²) in [5, 5.41) is 3.66. The van der Waals surface area contributed by atoms with Crippen LogP contribution in [0.4, 0.5) is 0 Å². The zero-order valence-corrected chi connectivity index (χ0v) is 15.8. The van der Waals surface area contributed by atoms with Crippen molar-refractivity contribution >= 4 is 43.2 Å². The third-order valence-corrected chi connectivity index (χ3v) is 6.92. The number of thiophene rings is 1. The van der Waals surface area contributed by atoms with Crippen molar-refractivity contribution < 1.29 is 4.74 Å². The molecule has 21 heavy (non-hydrogen) atoms. The average molecular weight is 431 g/mol. The van der Waals surface area contributed by atoms with E-state index in [9.17, 15) is 0 Å². The molecular weight excluding hydrogens is 414 g/mol. The predicted octanol–water partition coefficient (Wildman–Crippen LogP) is 5.30. The van der Waals surface area contributed by atoms with Gasteiger partial charge in [0.05, 0.1) is 16.4 Å². The van der Waals surface area contributed by atoms with Crippen molar-refractivity contribution in [3.8, 4) is 5.75 Å². The minimum Gasteiger partial charge on any atom is -0.493 e. The van der Waals surface area contributed by atoms with Gasteiger partial charge in [0.15, 0.2) is 0 Å². The van der Waals surface area contributed by atoms with Gasteiger partial charge in [-0.3, -0.25) is 0 Å². The molecule has 0 spiro atoms. The standard InChI is InChI=1S/C16H17Br2NOS/c1-2-6-19-15(14-9-12(17)16(18)21-14)11-3-4-13-10(8-11)5-7-20-13/h3-4,8-9,15,19H,2,5-7H2,1H3. The highest BCUT2D eigenvalue weighted by Gasteiger charge is 2.20. The summed E-state index contributed by atoms with van der Waals surface area (Å²) in [7, 11) is 0. The van der Waals surface area contributed by atoms with Crippen LogP contribution in [0.25, 0.3) is 0 Å². The van der Waals surface area contributed by atoms with Crippen molar-refractivity contribution in [1.29, 1.82) is 0 Å². The van der Waals surface area contributed by atoms with E-state index in [0.717, 1.165) is 40.0 Å². The fraction of sp³-hybridized carbons (Fsp3) is 0.375. The summed E-state index contributed by atoms with van der Waals surface area (Å²) >= 11 is 8.97. The summed E-state index contributed by atoms with van der Waals surface area (Å²) in [5.41, 5.74) is 2.64. The molecule has 2 nitrogen and oxygen atoms in total. The first-order chi connectivity index (χ1) is 10.2. The maximum absolute atomic E-state index is 5.61. The SMILES string of the molecule is CCCNC(c1ccc2c(c1)CCO2)c1cc(Br)c(Br)s1. The first-order valence-corrected chi connectivity index (χ1v) is 9.53. The van der Waals surface area contributed by atoms with Crippen molar-refractivity contribution in [2.45, 2.75) is 25.8 Å². The van der Waals surface area contributed by atoms with Gasteiger partial charge in [-0.1, -0.05) is 19.1 Å². The van der Waals surface area contributed by atoms with E-state index in [4.69, 9.17) is 4.74 Å². The lowest BCUT2D eigenvalue weighted by Crippen LogP contribution is -2.22. The Morgan fingerprint density at radius 1 is 1.33 bits per heavy atom. The largest absolute Gasteiger partial charge is 0.493 e. The second kappa shape index (κ2) is 6.82. The van der Waals surface area contributed by atoms with Crippen LogP contribution in [0.3, 0.4) is 0 Å². The molecule has 1 aromatic carbocycles. The molecule has 0 amide bonds. The third kappa shape index (κ3) is 3.36. The Kier molecular flexibility index (Phi) is 5.04. The van der Waals surface area contributed by atoms with E-state index in [1.54, 1.807) is 11.3 Å². The molecule has 1 aliphatic heterocycles. The van der Waals surface area contributed by atoms with E-state index in [1.165, 1.54) is 16.0 Å². The molecule has 112 valence electrons. The quantitative estimate of drug-likeness (QED) is 0.694. The van der Waals surface area contributed by atoms with E-state index >= 15 is 0 Å². The van der Waals surface area contributed by atoms with Gasteiger partial charge in [-0.25, -0.2) is 0 Å². The molecule has 1 aliphatic rings. The zero-order chi connectivity index (χ0) is 14.8. The second-order valence-electron chi connectivity index (χ2n) is 5.12. The van der Waals surface area contributed by atoms with Crippen molar-refractivity contribution in [3.63, 3.8) is 0 Å². The monoisotopic (exact) mass is 429 g/mol. The van der Waals surface area contributed by atoms with E-state index in [2.05, 4.69) is 68.4 Å². The first-order valence-electron chi connectivity index (χ1n) is 7.12. The fourth-order valence-corrected chi connectivity index (χ4v) is 4.76. The number of ether oxygens (including phenoxy) is 1. The van der Waals surface area contributed by atoms with Gasteiger partial charge in [0.1, 0.15) is 5.75 Å². The molecule has 5 heteroatoms. The summed E-state index contributed by atoms with van der Waals surface area (Å²) in [4.78, 5) is 1.32. The van der Waals surface area contributed by atoms with Gasteiger partial charge < -0.3 is 10.1 Å². The van der Waals surface area contributed by atoms with Gasteiger partial charge in [-0.15, -0.1) is 11.3 Å². The normalized spacial score (nSPS) is 14.8. The highest BCUT2D eigenvalue weighted by atomic mass is 79.9. The molecule has 0 saturated heterocycles. The molecule has 2 heterocycles. The number of halogens is 2. The van der Waals surface area contributed by atoms with E-state index < -0.39 is 0 Å². The van der Waals surface area contributed by atoms with Crippen molar-refractivity contribution in [1.82, 2.24) is 5.32 Å². The summed E-state index contributed by atoms with van der Waals surface area (Å²) < 4.78 is 7.87. The average Bonchev–Trinajstić information content (AvgIpc) is 3.06. The summed E-state index contributed by atoms with van der Waals surface area (Å²) in [6.45, 7) is 4.01. The van der Waals surface area contributed by atoms with E-state index in [0.29, 0.717) is 0 Å². The number of benzene rings is 1. The van der Waals surface area contributed by atoms with Gasteiger partial charge in [0.2, 0.25) is 0 Å². The maximum atomic E-state index is 5.61. The van der Waals surface area contributed by atoms with E-state index in [1.807, 2.05) is 0 Å². The van der Waals surface area contributed by atoms with Crippen LogP contribution < -0.4 is 10.1 Å². The van der Waals surface area contributed by atoms with Crippen LogP contribution in [0.2, 0.25) is 0 Å². The molecule has 0 radical (unpaired) electrons. The second-order valence-corrected chi connectivity index (χ2v) is 8.38. The summed E-state index contributed by atoms with van der Waals surface area (Å²) in [6.07, 6.45) is 2.14. The Morgan fingerprint density at radius 3 is 2.90 bits per heavy atom. The molecule has 0 fully saturated rings. The summed E-state index contributed by atoms with van der Waals surface area (Å²) in [5.74, 6) is 1.04. The number of fused-ring (bicyclic) bond motifs is 1. The highest BCUT2D eigenvalue weighted by molar-refractivity contribution is 9.13. The van der Waals surface area contributed by atoms with Gasteiger partial charge in [-0.05, 0) is 68.1 Å². The molecule has 2 aromatic rings. The minimum atomic E-state index is 0.239. The van der Waals surface area contributed by atoms with Crippen LogP contribution in [0, 0.1) is 0 Å². The molecule has 3 rings (SSSR count). The molecule has 0 aliphatic carbocycles. The van der Waals surface area contributed by atoms with Crippen LogP contribution in [0.5, 0.6) is 5.75 Å². The maximum Gasteiger partial charge on any atom is 0.122 e. The van der Waals surface area contributed by atoms with Crippen LogP contribution in [-0.4, -0.2) is 13.2 Å². The fourth-order valence-electron chi connectivity index (χ4n) is 2.56. The molecule has 0 bridgehead atoms. The Balaban J connectivity index is 1.95. The molecule has 1 N–H and O–H groups in total. The smallest absolute Gasteiger partial charge is 0.122 e. The lowest BCUT2D eigenvalue weighted by atomic mass is 10.0. The molecular formula is C16H17Br2NOS. The van der Waals surface area contributed by atoms with Crippen molar-refractivity contribution in [3.05, 3.63) is 48.5 Å². The van der Waals surface area contributed by atoms with Gasteiger partial charge in [0.25, 0.3) is 0 Å². The number of hydrogen-bond acceptors (Lipinski definition) is 3. The van der Waals surface area contributed by atoms with Crippen molar-refractivity contribution in [2.75, 3.05) is 13.2 Å². The van der Waals surface area contributed by atoms with Crippen LogP contribution in [0.1, 0.15) is 35.4 Å². The van der Waals surface area contributed by atoms with Gasteiger partial charge in [-0.2, -0.15) is 0 Å². The van der Waals surface area contributed by atoms with Gasteiger partial charge >= 0.3 is 0 Å². The minimum absolute atomic E-state index is 0.239. The topological polar surface area (TPSA) is 21.3 Å². The number of rotatable bonds is 5. The lowest BCUT2D eigenvalue weighted by Gasteiger charge is -2.18.